The van der Waals surface area contributed by atoms with E-state index in [2.05, 4.69) is 9.93 Å². The molecular weight excluding hydrogens is 420 g/mol. The number of hydrazone groups is 1. The molecule has 0 bridgehead atoms. The van der Waals surface area contributed by atoms with E-state index in [4.69, 9.17) is 16.3 Å². The fraction of sp³-hybridized carbons (Fsp3) is 0.0870. The molecule has 4 aromatic rings. The Bertz CT molecular complexity index is 1290. The van der Waals surface area contributed by atoms with Gasteiger partial charge < -0.3 is 4.74 Å². The van der Waals surface area contributed by atoms with Crippen LogP contribution in [0.1, 0.15) is 12.5 Å². The highest BCUT2D eigenvalue weighted by atomic mass is 35.5. The van der Waals surface area contributed by atoms with E-state index < -0.39 is 10.0 Å². The second-order valence-electron chi connectivity index (χ2n) is 6.58. The van der Waals surface area contributed by atoms with Gasteiger partial charge in [0.2, 0.25) is 0 Å². The Kier molecular flexibility index (Phi) is 5.61. The number of fused-ring (bicyclic) bond motifs is 2. The van der Waals surface area contributed by atoms with E-state index in [1.807, 2.05) is 55.5 Å². The predicted molar refractivity (Wildman–Crippen MR) is 122 cm³/mol. The zero-order valence-electron chi connectivity index (χ0n) is 16.2. The Morgan fingerprint density at radius 1 is 0.900 bits per heavy atom. The summed E-state index contributed by atoms with van der Waals surface area (Å²) in [4.78, 5) is 2.39. The molecule has 0 unspecified atom stereocenters. The van der Waals surface area contributed by atoms with E-state index in [-0.39, 0.29) is 4.90 Å². The number of nitrogens with one attached hydrogen (secondary N) is 1. The summed E-state index contributed by atoms with van der Waals surface area (Å²) in [5.74, 6) is 0.610. The summed E-state index contributed by atoms with van der Waals surface area (Å²) in [6.07, 6.45) is 1.52. The number of nitrogens with zero attached hydrogens (tertiary/aromatic N) is 1. The molecule has 0 amide bonds. The van der Waals surface area contributed by atoms with Gasteiger partial charge in [-0.1, -0.05) is 60.1 Å². The number of ether oxygens (including phenoxy) is 1. The molecule has 0 aliphatic rings. The molecule has 4 rings (SSSR count). The first-order valence-electron chi connectivity index (χ1n) is 9.38. The van der Waals surface area contributed by atoms with Crippen molar-refractivity contribution in [2.75, 3.05) is 6.61 Å². The summed E-state index contributed by atoms with van der Waals surface area (Å²) in [5.41, 5.74) is 0.792. The lowest BCUT2D eigenvalue weighted by Gasteiger charge is -2.11. The van der Waals surface area contributed by atoms with Gasteiger partial charge >= 0.3 is 0 Å². The van der Waals surface area contributed by atoms with Crippen LogP contribution in [-0.4, -0.2) is 21.2 Å². The van der Waals surface area contributed by atoms with Crippen LogP contribution in [0.2, 0.25) is 5.02 Å². The first-order valence-corrected chi connectivity index (χ1v) is 11.2. The lowest BCUT2D eigenvalue weighted by atomic mass is 9.97. The molecular formula is C23H19ClN2O3S. The smallest absolute Gasteiger partial charge is 0.276 e. The van der Waals surface area contributed by atoms with Gasteiger partial charge in [0.05, 0.1) is 22.7 Å². The van der Waals surface area contributed by atoms with Gasteiger partial charge in [-0.25, -0.2) is 4.83 Å². The van der Waals surface area contributed by atoms with Gasteiger partial charge in [0.15, 0.2) is 0 Å². The Balaban J connectivity index is 1.71. The minimum Gasteiger partial charge on any atom is -0.494 e. The van der Waals surface area contributed by atoms with E-state index in [9.17, 15) is 8.42 Å². The van der Waals surface area contributed by atoms with Crippen LogP contribution < -0.4 is 9.57 Å². The van der Waals surface area contributed by atoms with E-state index in [1.54, 1.807) is 12.1 Å². The molecule has 30 heavy (non-hydrogen) atoms. The molecule has 7 heteroatoms. The lowest BCUT2D eigenvalue weighted by molar-refractivity contribution is 0.340. The quantitative estimate of drug-likeness (QED) is 0.250. The van der Waals surface area contributed by atoms with Gasteiger partial charge in [-0.05, 0) is 42.0 Å². The molecule has 0 atom stereocenters. The molecule has 1 N–H and O–H groups in total. The highest BCUT2D eigenvalue weighted by Gasteiger charge is 2.14. The summed E-state index contributed by atoms with van der Waals surface area (Å²) in [6, 6.07) is 21.6. The molecule has 0 fully saturated rings. The van der Waals surface area contributed by atoms with Crippen LogP contribution in [0, 0.1) is 0 Å². The number of sulfonamides is 1. The van der Waals surface area contributed by atoms with Gasteiger partial charge in [-0.3, -0.25) is 0 Å². The maximum absolute atomic E-state index is 12.6. The second kappa shape index (κ2) is 8.34. The molecule has 152 valence electrons. The van der Waals surface area contributed by atoms with Crippen LogP contribution in [0.4, 0.5) is 0 Å². The zero-order chi connectivity index (χ0) is 21.1. The van der Waals surface area contributed by atoms with Crippen molar-refractivity contribution in [1.82, 2.24) is 4.83 Å². The van der Waals surface area contributed by atoms with Crippen molar-refractivity contribution in [2.24, 2.45) is 5.10 Å². The highest BCUT2D eigenvalue weighted by Crippen LogP contribution is 2.35. The van der Waals surface area contributed by atoms with E-state index in [0.717, 1.165) is 27.1 Å². The van der Waals surface area contributed by atoms with Gasteiger partial charge in [0, 0.05) is 16.3 Å². The third kappa shape index (κ3) is 3.84. The summed E-state index contributed by atoms with van der Waals surface area (Å²) in [7, 11) is -3.81. The van der Waals surface area contributed by atoms with Crippen molar-refractivity contribution in [1.29, 1.82) is 0 Å². The van der Waals surface area contributed by atoms with Crippen LogP contribution in [0.3, 0.4) is 0 Å². The molecule has 0 aliphatic carbocycles. The largest absolute Gasteiger partial charge is 0.494 e. The van der Waals surface area contributed by atoms with Crippen molar-refractivity contribution in [3.63, 3.8) is 0 Å². The molecule has 0 aliphatic heterocycles. The van der Waals surface area contributed by atoms with Crippen LogP contribution in [-0.2, 0) is 10.0 Å². The van der Waals surface area contributed by atoms with Crippen molar-refractivity contribution in [3.05, 3.63) is 83.4 Å². The number of hydrogen-bond acceptors (Lipinski definition) is 4. The normalized spacial score (nSPS) is 11.9. The molecule has 0 saturated carbocycles. The standard InChI is InChI=1S/C23H19ClN2O3S/c1-2-29-16-11-13-17(14-12-16)30(27,28)26-25-15-22-18-7-3-5-9-20(18)23(24)21-10-6-4-8-19(21)22/h3-15,26H,2H2,1H3. The molecule has 5 nitrogen and oxygen atoms in total. The predicted octanol–water partition coefficient (Wildman–Crippen LogP) is 5.36. The number of benzene rings is 4. The number of hydrogen-bond donors (Lipinski definition) is 1. The minimum atomic E-state index is -3.81. The maximum Gasteiger partial charge on any atom is 0.276 e. The van der Waals surface area contributed by atoms with Crippen LogP contribution in [0.25, 0.3) is 21.5 Å². The number of halogens is 1. The fourth-order valence-electron chi connectivity index (χ4n) is 3.34. The van der Waals surface area contributed by atoms with Crippen molar-refractivity contribution in [2.45, 2.75) is 11.8 Å². The highest BCUT2D eigenvalue weighted by molar-refractivity contribution is 7.89. The molecule has 4 aromatic carbocycles. The van der Waals surface area contributed by atoms with Gasteiger partial charge in [-0.2, -0.15) is 13.5 Å². The van der Waals surface area contributed by atoms with Crippen LogP contribution >= 0.6 is 11.6 Å². The van der Waals surface area contributed by atoms with E-state index in [1.165, 1.54) is 18.3 Å². The Hall–Kier alpha value is -3.09. The maximum atomic E-state index is 12.6. The summed E-state index contributed by atoms with van der Waals surface area (Å²) in [6.45, 7) is 2.38. The van der Waals surface area contributed by atoms with Gasteiger partial charge in [-0.15, -0.1) is 0 Å². The Morgan fingerprint density at radius 3 is 1.97 bits per heavy atom. The zero-order valence-corrected chi connectivity index (χ0v) is 17.7. The summed E-state index contributed by atoms with van der Waals surface area (Å²) < 4.78 is 30.5. The average Bonchev–Trinajstić information content (AvgIpc) is 2.77. The lowest BCUT2D eigenvalue weighted by Crippen LogP contribution is -2.18. The molecule has 0 aromatic heterocycles. The van der Waals surface area contributed by atoms with Gasteiger partial charge in [0.25, 0.3) is 10.0 Å². The first-order chi connectivity index (χ1) is 14.5. The van der Waals surface area contributed by atoms with Crippen molar-refractivity contribution in [3.8, 4) is 5.75 Å². The Labute approximate surface area is 180 Å². The first kappa shape index (κ1) is 20.2. The minimum absolute atomic E-state index is 0.105. The van der Waals surface area contributed by atoms with E-state index in [0.29, 0.717) is 17.4 Å². The van der Waals surface area contributed by atoms with Crippen LogP contribution in [0.5, 0.6) is 5.75 Å². The van der Waals surface area contributed by atoms with Gasteiger partial charge in [0.1, 0.15) is 5.75 Å². The number of rotatable bonds is 6. The molecule has 0 heterocycles. The molecule has 0 spiro atoms. The SMILES string of the molecule is CCOc1ccc(S(=O)(=O)NN=Cc2c3ccccc3c(Cl)c3ccccc23)cc1. The fourth-order valence-corrected chi connectivity index (χ4v) is 4.46. The summed E-state index contributed by atoms with van der Waals surface area (Å²) >= 11 is 6.60. The van der Waals surface area contributed by atoms with Crippen molar-refractivity contribution >= 4 is 49.4 Å². The summed E-state index contributed by atoms with van der Waals surface area (Å²) in [5, 5.41) is 8.26. The van der Waals surface area contributed by atoms with Crippen molar-refractivity contribution < 1.29 is 13.2 Å². The third-order valence-corrected chi connectivity index (χ3v) is 6.36. The average molecular weight is 439 g/mol. The topological polar surface area (TPSA) is 67.8 Å². The van der Waals surface area contributed by atoms with E-state index >= 15 is 0 Å². The molecule has 0 saturated heterocycles. The molecule has 0 radical (unpaired) electrons. The monoisotopic (exact) mass is 438 g/mol. The third-order valence-electron chi connectivity index (χ3n) is 4.72. The second-order valence-corrected chi connectivity index (χ2v) is 8.61. The van der Waals surface area contributed by atoms with Crippen LogP contribution in [0.15, 0.2) is 82.8 Å². The Morgan fingerprint density at radius 2 is 1.43 bits per heavy atom.